The highest BCUT2D eigenvalue weighted by atomic mass is 16.5. The largest absolute Gasteiger partial charge is 0.468 e. The highest BCUT2D eigenvalue weighted by Crippen LogP contribution is 2.31. The van der Waals surface area contributed by atoms with Crippen LogP contribution in [0.2, 0.25) is 0 Å². The van der Waals surface area contributed by atoms with Crippen LogP contribution in [0.5, 0.6) is 0 Å². The lowest BCUT2D eigenvalue weighted by Crippen LogP contribution is -2.48. The molecule has 1 heterocycles. The number of aliphatic hydroxyl groups excluding tert-OH is 1. The topological polar surface area (TPSA) is 70.0 Å². The number of esters is 1. The second kappa shape index (κ2) is 5.55. The van der Waals surface area contributed by atoms with Crippen LogP contribution in [0, 0.1) is 0 Å². The zero-order valence-electron chi connectivity index (χ0n) is 11.0. The lowest BCUT2D eigenvalue weighted by atomic mass is 9.84. The number of β-amino-alcohol motifs (C(OH)–C–C–N with tert-alkyl or cyclic N) is 2. The van der Waals surface area contributed by atoms with E-state index in [-0.39, 0.29) is 5.97 Å². The van der Waals surface area contributed by atoms with E-state index >= 15 is 0 Å². The van der Waals surface area contributed by atoms with Gasteiger partial charge >= 0.3 is 5.97 Å². The van der Waals surface area contributed by atoms with Crippen molar-refractivity contribution in [2.45, 2.75) is 56.3 Å². The van der Waals surface area contributed by atoms with Gasteiger partial charge in [-0.3, -0.25) is 9.69 Å². The first-order valence-electron chi connectivity index (χ1n) is 6.76. The normalized spacial score (nSPS) is 32.4. The number of carbonyl (C=O) groups excluding carboxylic acids is 1. The molecule has 1 saturated carbocycles. The summed E-state index contributed by atoms with van der Waals surface area (Å²) in [6.45, 7) is 0.909. The Kier molecular flexibility index (Phi) is 4.25. The number of hydrogen-bond donors (Lipinski definition) is 2. The first-order chi connectivity index (χ1) is 8.54. The summed E-state index contributed by atoms with van der Waals surface area (Å²) in [5, 5.41) is 20.2. The SMILES string of the molecule is COC(=O)C1CC(O)CN1CC1(O)CCCCC1. The van der Waals surface area contributed by atoms with Gasteiger partial charge in [0.1, 0.15) is 6.04 Å². The highest BCUT2D eigenvalue weighted by molar-refractivity contribution is 5.76. The molecule has 104 valence electrons. The van der Waals surface area contributed by atoms with Crippen LogP contribution in [0.15, 0.2) is 0 Å². The van der Waals surface area contributed by atoms with E-state index < -0.39 is 17.7 Å². The van der Waals surface area contributed by atoms with Gasteiger partial charge in [-0.25, -0.2) is 0 Å². The average molecular weight is 257 g/mol. The van der Waals surface area contributed by atoms with Crippen LogP contribution in [-0.4, -0.2) is 59.0 Å². The van der Waals surface area contributed by atoms with Gasteiger partial charge in [0, 0.05) is 19.5 Å². The zero-order valence-corrected chi connectivity index (χ0v) is 11.0. The molecule has 2 atom stereocenters. The number of likely N-dealkylation sites (tertiary alicyclic amines) is 1. The summed E-state index contributed by atoms with van der Waals surface area (Å²) in [4.78, 5) is 13.5. The average Bonchev–Trinajstić information content (AvgIpc) is 2.69. The third-order valence-corrected chi connectivity index (χ3v) is 4.14. The number of ether oxygens (including phenoxy) is 1. The molecule has 0 spiro atoms. The Bertz CT molecular complexity index is 301. The maximum absolute atomic E-state index is 11.7. The molecular weight excluding hydrogens is 234 g/mol. The first kappa shape index (κ1) is 13.8. The summed E-state index contributed by atoms with van der Waals surface area (Å²) >= 11 is 0. The van der Waals surface area contributed by atoms with E-state index in [0.29, 0.717) is 19.5 Å². The van der Waals surface area contributed by atoms with Crippen LogP contribution in [0.1, 0.15) is 38.5 Å². The number of nitrogens with zero attached hydrogens (tertiary/aromatic N) is 1. The van der Waals surface area contributed by atoms with E-state index in [1.165, 1.54) is 13.5 Å². The molecule has 18 heavy (non-hydrogen) atoms. The summed E-state index contributed by atoms with van der Waals surface area (Å²) in [7, 11) is 1.36. The van der Waals surface area contributed by atoms with Gasteiger partial charge in [0.2, 0.25) is 0 Å². The molecule has 2 unspecified atom stereocenters. The van der Waals surface area contributed by atoms with Crippen LogP contribution in [0.3, 0.4) is 0 Å². The summed E-state index contributed by atoms with van der Waals surface area (Å²) in [6, 6.07) is -0.407. The predicted octanol–water partition coefficient (Wildman–Crippen LogP) is 0.290. The molecule has 0 aromatic carbocycles. The molecule has 0 aromatic heterocycles. The third-order valence-electron chi connectivity index (χ3n) is 4.14. The van der Waals surface area contributed by atoms with Crippen molar-refractivity contribution in [3.8, 4) is 0 Å². The number of aliphatic hydroxyl groups is 2. The van der Waals surface area contributed by atoms with Crippen LogP contribution >= 0.6 is 0 Å². The fraction of sp³-hybridized carbons (Fsp3) is 0.923. The Hall–Kier alpha value is -0.650. The molecule has 0 bridgehead atoms. The van der Waals surface area contributed by atoms with E-state index in [0.717, 1.165) is 25.7 Å². The third kappa shape index (κ3) is 3.02. The molecule has 5 heteroatoms. The van der Waals surface area contributed by atoms with E-state index in [2.05, 4.69) is 0 Å². The molecule has 0 amide bonds. The Balaban J connectivity index is 1.99. The van der Waals surface area contributed by atoms with Crippen LogP contribution in [0.4, 0.5) is 0 Å². The molecule has 2 N–H and O–H groups in total. The van der Waals surface area contributed by atoms with Crippen molar-refractivity contribution in [2.24, 2.45) is 0 Å². The molecule has 2 fully saturated rings. The molecule has 1 saturated heterocycles. The molecular formula is C13H23NO4. The molecule has 5 nitrogen and oxygen atoms in total. The number of methoxy groups -OCH3 is 1. The Labute approximate surface area is 108 Å². The van der Waals surface area contributed by atoms with Crippen molar-refractivity contribution >= 4 is 5.97 Å². The fourth-order valence-corrected chi connectivity index (χ4v) is 3.18. The zero-order chi connectivity index (χ0) is 13.2. The highest BCUT2D eigenvalue weighted by Gasteiger charge is 2.41. The van der Waals surface area contributed by atoms with Gasteiger partial charge in [0.05, 0.1) is 18.8 Å². The van der Waals surface area contributed by atoms with E-state index in [4.69, 9.17) is 4.74 Å². The van der Waals surface area contributed by atoms with Gasteiger partial charge in [-0.1, -0.05) is 19.3 Å². The van der Waals surface area contributed by atoms with Crippen LogP contribution in [-0.2, 0) is 9.53 Å². The second-order valence-corrected chi connectivity index (χ2v) is 5.64. The fourth-order valence-electron chi connectivity index (χ4n) is 3.18. The van der Waals surface area contributed by atoms with Crippen molar-refractivity contribution in [3.05, 3.63) is 0 Å². The molecule has 2 rings (SSSR count). The van der Waals surface area contributed by atoms with Crippen LogP contribution in [0.25, 0.3) is 0 Å². The van der Waals surface area contributed by atoms with Crippen molar-refractivity contribution in [2.75, 3.05) is 20.2 Å². The van der Waals surface area contributed by atoms with Crippen molar-refractivity contribution in [1.82, 2.24) is 4.90 Å². The summed E-state index contributed by atoms with van der Waals surface area (Å²) in [6.07, 6.45) is 4.72. The number of hydrogen-bond acceptors (Lipinski definition) is 5. The number of carbonyl (C=O) groups is 1. The lowest BCUT2D eigenvalue weighted by Gasteiger charge is -2.37. The second-order valence-electron chi connectivity index (χ2n) is 5.64. The van der Waals surface area contributed by atoms with Crippen molar-refractivity contribution in [1.29, 1.82) is 0 Å². The molecule has 2 aliphatic rings. The minimum atomic E-state index is -0.700. The van der Waals surface area contributed by atoms with Crippen molar-refractivity contribution < 1.29 is 19.7 Å². The van der Waals surface area contributed by atoms with Crippen LogP contribution < -0.4 is 0 Å². The first-order valence-corrected chi connectivity index (χ1v) is 6.76. The quantitative estimate of drug-likeness (QED) is 0.711. The minimum Gasteiger partial charge on any atom is -0.468 e. The molecule has 1 aliphatic carbocycles. The van der Waals surface area contributed by atoms with E-state index in [1.54, 1.807) is 0 Å². The van der Waals surface area contributed by atoms with Crippen molar-refractivity contribution in [3.63, 3.8) is 0 Å². The van der Waals surface area contributed by atoms with E-state index in [1.807, 2.05) is 4.90 Å². The van der Waals surface area contributed by atoms with Gasteiger partial charge < -0.3 is 14.9 Å². The summed E-state index contributed by atoms with van der Waals surface area (Å²) in [5.74, 6) is -0.314. The monoisotopic (exact) mass is 257 g/mol. The maximum Gasteiger partial charge on any atom is 0.323 e. The lowest BCUT2D eigenvalue weighted by molar-refractivity contribution is -0.147. The standard InChI is InChI=1S/C13H23NO4/c1-18-12(16)11-7-10(15)8-14(11)9-13(17)5-3-2-4-6-13/h10-11,15,17H,2-9H2,1H3. The van der Waals surface area contributed by atoms with Gasteiger partial charge in [-0.2, -0.15) is 0 Å². The van der Waals surface area contributed by atoms with Gasteiger partial charge in [-0.05, 0) is 12.8 Å². The molecule has 1 aliphatic heterocycles. The van der Waals surface area contributed by atoms with Gasteiger partial charge in [-0.15, -0.1) is 0 Å². The Morgan fingerprint density at radius 2 is 2.06 bits per heavy atom. The van der Waals surface area contributed by atoms with E-state index in [9.17, 15) is 15.0 Å². The summed E-state index contributed by atoms with van der Waals surface area (Å²) in [5.41, 5.74) is -0.700. The predicted molar refractivity (Wildman–Crippen MR) is 66.0 cm³/mol. The number of rotatable bonds is 3. The Morgan fingerprint density at radius 1 is 1.39 bits per heavy atom. The maximum atomic E-state index is 11.7. The van der Waals surface area contributed by atoms with Gasteiger partial charge in [0.25, 0.3) is 0 Å². The smallest absolute Gasteiger partial charge is 0.323 e. The molecule has 0 aromatic rings. The Morgan fingerprint density at radius 3 is 2.67 bits per heavy atom. The summed E-state index contributed by atoms with van der Waals surface area (Å²) < 4.78 is 4.76. The molecule has 0 radical (unpaired) electrons. The van der Waals surface area contributed by atoms with Gasteiger partial charge in [0.15, 0.2) is 0 Å². The minimum absolute atomic E-state index is 0.314.